The highest BCUT2D eigenvalue weighted by Gasteiger charge is 2.32. The summed E-state index contributed by atoms with van der Waals surface area (Å²) in [6, 6.07) is 0. The first-order valence-electron chi connectivity index (χ1n) is 5.44. The predicted octanol–water partition coefficient (Wildman–Crippen LogP) is 5.54. The van der Waals surface area contributed by atoms with Gasteiger partial charge >= 0.3 is 0 Å². The van der Waals surface area contributed by atoms with Crippen molar-refractivity contribution < 1.29 is 0 Å². The summed E-state index contributed by atoms with van der Waals surface area (Å²) in [5.41, 5.74) is 0. The topological polar surface area (TPSA) is 36.2 Å². The van der Waals surface area contributed by atoms with E-state index in [1.807, 2.05) is 47.0 Å². The van der Waals surface area contributed by atoms with Crippen molar-refractivity contribution in [2.24, 2.45) is 10.3 Å². The molecule has 0 unspecified atom stereocenters. The van der Waals surface area contributed by atoms with Crippen molar-refractivity contribution in [3.8, 4) is 0 Å². The molecule has 0 atom stereocenters. The van der Waals surface area contributed by atoms with E-state index in [9.17, 15) is 0 Å². The fraction of sp³-hybridized carbons (Fsp3) is 0.400. The number of thiol groups is 1. The van der Waals surface area contributed by atoms with E-state index in [1.165, 1.54) is 40.2 Å². The van der Waals surface area contributed by atoms with Crippen LogP contribution in [0.5, 0.6) is 0 Å². The highest BCUT2D eigenvalue weighted by atomic mass is 32.3. The standard InChI is InChI=1S/C10H10N2S7/c1-4-2-14-7-8(15-3-4)19-10(18-7)9-16-5(11)6(12-13)17-9/h4,11,13H,2-3H2,1H3. The van der Waals surface area contributed by atoms with Crippen LogP contribution in [-0.2, 0) is 0 Å². The molecule has 0 aliphatic carbocycles. The summed E-state index contributed by atoms with van der Waals surface area (Å²) < 4.78 is 9.26. The van der Waals surface area contributed by atoms with Gasteiger partial charge in [0.2, 0.25) is 0 Å². The van der Waals surface area contributed by atoms with Crippen molar-refractivity contribution in [1.29, 1.82) is 5.41 Å². The Balaban J connectivity index is 1.77. The summed E-state index contributed by atoms with van der Waals surface area (Å²) in [6.07, 6.45) is 0. The van der Waals surface area contributed by atoms with Gasteiger partial charge in [-0.1, -0.05) is 54.0 Å². The minimum absolute atomic E-state index is 0.514. The molecule has 1 fully saturated rings. The number of rotatable bonds is 0. The summed E-state index contributed by atoms with van der Waals surface area (Å²) in [6.45, 7) is 2.32. The number of thioether (sulfide) groups is 6. The van der Waals surface area contributed by atoms with E-state index in [4.69, 9.17) is 5.41 Å². The van der Waals surface area contributed by atoms with Crippen LogP contribution in [0.4, 0.5) is 0 Å². The normalized spacial score (nSPS) is 27.5. The minimum Gasteiger partial charge on any atom is -0.291 e. The lowest BCUT2D eigenvalue weighted by Crippen LogP contribution is -1.98. The highest BCUT2D eigenvalue weighted by molar-refractivity contribution is 8.47. The SMILES string of the molecule is CC1CSC2=C(SC1)SC(=C1SC(=N)C(=NS)S1)S2. The van der Waals surface area contributed by atoms with E-state index >= 15 is 0 Å². The first kappa shape index (κ1) is 15.2. The maximum absolute atomic E-state index is 7.85. The molecule has 0 aromatic heterocycles. The Morgan fingerprint density at radius 1 is 1.00 bits per heavy atom. The zero-order valence-corrected chi connectivity index (χ0v) is 15.6. The van der Waals surface area contributed by atoms with Gasteiger partial charge in [-0.15, -0.1) is 23.5 Å². The molecule has 0 radical (unpaired) electrons. The van der Waals surface area contributed by atoms with E-state index in [0.29, 0.717) is 10.1 Å². The molecule has 0 aromatic rings. The Morgan fingerprint density at radius 2 is 1.58 bits per heavy atom. The lowest BCUT2D eigenvalue weighted by Gasteiger charge is -2.07. The Morgan fingerprint density at radius 3 is 2.11 bits per heavy atom. The van der Waals surface area contributed by atoms with Crippen LogP contribution in [0.15, 0.2) is 21.3 Å². The lowest BCUT2D eigenvalue weighted by atomic mass is 10.3. The van der Waals surface area contributed by atoms with Crippen LogP contribution in [0.3, 0.4) is 0 Å². The van der Waals surface area contributed by atoms with Crippen molar-refractivity contribution in [2.45, 2.75) is 6.92 Å². The van der Waals surface area contributed by atoms with E-state index in [-0.39, 0.29) is 0 Å². The van der Waals surface area contributed by atoms with Crippen molar-refractivity contribution in [3.05, 3.63) is 16.9 Å². The van der Waals surface area contributed by atoms with Crippen LogP contribution in [-0.4, -0.2) is 21.6 Å². The summed E-state index contributed by atoms with van der Waals surface area (Å²) >= 11 is 14.7. The third-order valence-electron chi connectivity index (χ3n) is 2.37. The molecule has 102 valence electrons. The molecule has 3 aliphatic heterocycles. The van der Waals surface area contributed by atoms with Gasteiger partial charge in [-0.05, 0) is 18.7 Å². The smallest absolute Gasteiger partial charge is 0.141 e. The van der Waals surface area contributed by atoms with Gasteiger partial charge in [0, 0.05) is 11.5 Å². The van der Waals surface area contributed by atoms with Gasteiger partial charge in [-0.25, -0.2) is 4.40 Å². The van der Waals surface area contributed by atoms with Gasteiger partial charge < -0.3 is 0 Å². The molecule has 0 bridgehead atoms. The quantitative estimate of drug-likeness (QED) is 0.536. The molecule has 3 heterocycles. The second kappa shape index (κ2) is 6.58. The Kier molecular flexibility index (Phi) is 5.25. The minimum atomic E-state index is 0.514. The van der Waals surface area contributed by atoms with E-state index in [1.54, 1.807) is 11.8 Å². The second-order valence-electron chi connectivity index (χ2n) is 4.02. The summed E-state index contributed by atoms with van der Waals surface area (Å²) in [5, 5.41) is 9.08. The third-order valence-corrected chi connectivity index (χ3v) is 11.7. The van der Waals surface area contributed by atoms with E-state index in [0.717, 1.165) is 5.92 Å². The number of nitrogens with one attached hydrogen (secondary N) is 1. The molecule has 0 spiro atoms. The van der Waals surface area contributed by atoms with Gasteiger partial charge in [-0.3, -0.25) is 5.41 Å². The van der Waals surface area contributed by atoms with Crippen LogP contribution in [0.1, 0.15) is 6.92 Å². The Bertz CT molecular complexity index is 500. The summed E-state index contributed by atoms with van der Waals surface area (Å²) in [5.74, 6) is 3.20. The van der Waals surface area contributed by atoms with E-state index in [2.05, 4.69) is 24.1 Å². The second-order valence-corrected chi connectivity index (χ2v) is 11.4. The average molecular weight is 383 g/mol. The Hall–Kier alpha value is 1.27. The molecular formula is C10H10N2S7. The molecule has 9 heteroatoms. The first-order valence-corrected chi connectivity index (χ1v) is 11.1. The molecule has 0 aromatic carbocycles. The maximum atomic E-state index is 7.85. The van der Waals surface area contributed by atoms with Crippen LogP contribution >= 0.6 is 83.4 Å². The molecule has 3 rings (SSSR count). The maximum Gasteiger partial charge on any atom is 0.141 e. The van der Waals surface area contributed by atoms with Crippen molar-refractivity contribution >= 4 is 93.5 Å². The van der Waals surface area contributed by atoms with Crippen LogP contribution in [0.2, 0.25) is 0 Å². The van der Waals surface area contributed by atoms with Gasteiger partial charge in [0.05, 0.1) is 16.9 Å². The lowest BCUT2D eigenvalue weighted by molar-refractivity contribution is 0.767. The molecular weight excluding hydrogens is 373 g/mol. The van der Waals surface area contributed by atoms with E-state index < -0.39 is 0 Å². The average Bonchev–Trinajstić information content (AvgIpc) is 2.93. The summed E-state index contributed by atoms with van der Waals surface area (Å²) in [7, 11) is 0. The molecule has 19 heavy (non-hydrogen) atoms. The zero-order chi connectivity index (χ0) is 13.4. The molecule has 2 nitrogen and oxygen atoms in total. The van der Waals surface area contributed by atoms with Crippen molar-refractivity contribution in [1.82, 2.24) is 0 Å². The monoisotopic (exact) mass is 382 g/mol. The van der Waals surface area contributed by atoms with Gasteiger partial charge in [0.1, 0.15) is 10.1 Å². The summed E-state index contributed by atoms with van der Waals surface area (Å²) in [4.78, 5) is 0. The van der Waals surface area contributed by atoms with Gasteiger partial charge in [0.25, 0.3) is 0 Å². The zero-order valence-electron chi connectivity index (χ0n) is 9.84. The molecule has 1 N–H and O–H groups in total. The highest BCUT2D eigenvalue weighted by Crippen LogP contribution is 2.62. The molecule has 0 amide bonds. The number of hydrogen-bond acceptors (Lipinski definition) is 9. The third kappa shape index (κ3) is 3.37. The molecule has 1 saturated heterocycles. The van der Waals surface area contributed by atoms with Gasteiger partial charge in [-0.2, -0.15) is 0 Å². The number of nitrogens with zero attached hydrogens (tertiary/aromatic N) is 1. The number of hydrogen-bond donors (Lipinski definition) is 2. The fourth-order valence-electron chi connectivity index (χ4n) is 1.46. The first-order chi connectivity index (χ1) is 9.17. The van der Waals surface area contributed by atoms with Crippen LogP contribution in [0, 0.1) is 11.3 Å². The fourth-order valence-corrected chi connectivity index (χ4v) is 10.2. The molecule has 3 aliphatic rings. The van der Waals surface area contributed by atoms with Crippen molar-refractivity contribution in [3.63, 3.8) is 0 Å². The van der Waals surface area contributed by atoms with Crippen LogP contribution < -0.4 is 0 Å². The predicted molar refractivity (Wildman–Crippen MR) is 103 cm³/mol. The van der Waals surface area contributed by atoms with Crippen LogP contribution in [0.25, 0.3) is 0 Å². The van der Waals surface area contributed by atoms with Crippen molar-refractivity contribution in [2.75, 3.05) is 11.5 Å². The largest absolute Gasteiger partial charge is 0.291 e. The van der Waals surface area contributed by atoms with Gasteiger partial charge in [0.15, 0.2) is 0 Å². The Labute approximate surface area is 143 Å². The molecule has 0 saturated carbocycles.